The number of carbonyl (C=O) groups excluding carboxylic acids is 2. The lowest BCUT2D eigenvalue weighted by Gasteiger charge is -2.07. The molecule has 0 bridgehead atoms. The molecule has 1 amide bonds. The minimum atomic E-state index is -0.363. The summed E-state index contributed by atoms with van der Waals surface area (Å²) in [5.41, 5.74) is 3.81. The molecule has 132 valence electrons. The molecule has 0 fully saturated rings. The lowest BCUT2D eigenvalue weighted by Crippen LogP contribution is -2.25. The number of hydrogen-bond acceptors (Lipinski definition) is 5. The van der Waals surface area contributed by atoms with Crippen LogP contribution in [0.2, 0.25) is 0 Å². The first-order chi connectivity index (χ1) is 11.6. The Bertz CT molecular complexity index is 553. The van der Waals surface area contributed by atoms with Crippen molar-refractivity contribution in [2.24, 2.45) is 5.10 Å². The van der Waals surface area contributed by atoms with E-state index in [4.69, 9.17) is 9.47 Å². The van der Waals surface area contributed by atoms with E-state index in [2.05, 4.69) is 17.5 Å². The number of nitrogens with one attached hydrogen (secondary N) is 1. The SMILES string of the molecule is CCCC/C(C)=N/NC(=O)COc1ccc(C(=O)OCCC)cc1. The van der Waals surface area contributed by atoms with Crippen molar-refractivity contribution in [3.05, 3.63) is 29.8 Å². The zero-order valence-electron chi connectivity index (χ0n) is 14.6. The van der Waals surface area contributed by atoms with E-state index in [1.54, 1.807) is 24.3 Å². The summed E-state index contributed by atoms with van der Waals surface area (Å²) in [5, 5.41) is 4.02. The zero-order valence-corrected chi connectivity index (χ0v) is 14.6. The fourth-order valence-corrected chi connectivity index (χ4v) is 1.79. The van der Waals surface area contributed by atoms with Gasteiger partial charge in [-0.25, -0.2) is 10.2 Å². The fraction of sp³-hybridized carbons (Fsp3) is 0.500. The summed E-state index contributed by atoms with van der Waals surface area (Å²) in [5.74, 6) is -0.181. The van der Waals surface area contributed by atoms with Crippen LogP contribution in [0.4, 0.5) is 0 Å². The molecule has 1 aromatic carbocycles. The number of ether oxygens (including phenoxy) is 2. The van der Waals surface area contributed by atoms with Crippen LogP contribution in [0.5, 0.6) is 5.75 Å². The van der Waals surface area contributed by atoms with Crippen LogP contribution in [0.1, 0.15) is 56.8 Å². The number of hydrogen-bond donors (Lipinski definition) is 1. The minimum Gasteiger partial charge on any atom is -0.484 e. The smallest absolute Gasteiger partial charge is 0.338 e. The van der Waals surface area contributed by atoms with Crippen LogP contribution in [-0.2, 0) is 9.53 Å². The topological polar surface area (TPSA) is 77.0 Å². The van der Waals surface area contributed by atoms with E-state index in [1.165, 1.54) is 0 Å². The van der Waals surface area contributed by atoms with Gasteiger partial charge in [0.2, 0.25) is 0 Å². The van der Waals surface area contributed by atoms with E-state index in [0.29, 0.717) is 17.9 Å². The molecular weight excluding hydrogens is 308 g/mol. The summed E-state index contributed by atoms with van der Waals surface area (Å²) >= 11 is 0. The highest BCUT2D eigenvalue weighted by atomic mass is 16.5. The Morgan fingerprint density at radius 3 is 2.46 bits per heavy atom. The number of esters is 1. The van der Waals surface area contributed by atoms with Crippen molar-refractivity contribution in [3.8, 4) is 5.75 Å². The predicted molar refractivity (Wildman–Crippen MR) is 93.3 cm³/mol. The third kappa shape index (κ3) is 7.76. The van der Waals surface area contributed by atoms with Crippen LogP contribution in [0.3, 0.4) is 0 Å². The van der Waals surface area contributed by atoms with Crippen molar-refractivity contribution in [1.82, 2.24) is 5.43 Å². The molecule has 0 unspecified atom stereocenters. The third-order valence-corrected chi connectivity index (χ3v) is 3.16. The van der Waals surface area contributed by atoms with Gasteiger partial charge in [-0.05, 0) is 50.5 Å². The van der Waals surface area contributed by atoms with E-state index in [9.17, 15) is 9.59 Å². The highest BCUT2D eigenvalue weighted by Crippen LogP contribution is 2.13. The minimum absolute atomic E-state index is 0.135. The van der Waals surface area contributed by atoms with E-state index in [-0.39, 0.29) is 18.5 Å². The Morgan fingerprint density at radius 1 is 1.12 bits per heavy atom. The van der Waals surface area contributed by atoms with Crippen LogP contribution >= 0.6 is 0 Å². The van der Waals surface area contributed by atoms with E-state index >= 15 is 0 Å². The lowest BCUT2D eigenvalue weighted by atomic mass is 10.2. The van der Waals surface area contributed by atoms with Crippen LogP contribution in [0.15, 0.2) is 29.4 Å². The van der Waals surface area contributed by atoms with Crippen LogP contribution < -0.4 is 10.2 Å². The number of rotatable bonds is 10. The second-order valence-corrected chi connectivity index (χ2v) is 5.43. The van der Waals surface area contributed by atoms with Crippen LogP contribution in [0, 0.1) is 0 Å². The number of nitrogens with zero attached hydrogens (tertiary/aromatic N) is 1. The van der Waals surface area contributed by atoms with Crippen molar-refractivity contribution in [2.75, 3.05) is 13.2 Å². The molecule has 0 aromatic heterocycles. The summed E-state index contributed by atoms with van der Waals surface area (Å²) in [6.07, 6.45) is 3.79. The number of unbranched alkanes of at least 4 members (excludes halogenated alkanes) is 1. The summed E-state index contributed by atoms with van der Waals surface area (Å²) in [4.78, 5) is 23.3. The highest BCUT2D eigenvalue weighted by molar-refractivity contribution is 5.89. The maximum Gasteiger partial charge on any atom is 0.338 e. The Kier molecular flexibility index (Phi) is 9.19. The van der Waals surface area contributed by atoms with Crippen molar-refractivity contribution in [3.63, 3.8) is 0 Å². The number of hydrazone groups is 1. The quantitative estimate of drug-likeness (QED) is 0.404. The molecule has 0 aliphatic carbocycles. The Balaban J connectivity index is 2.39. The van der Waals surface area contributed by atoms with Crippen molar-refractivity contribution >= 4 is 17.6 Å². The molecule has 0 atom stereocenters. The van der Waals surface area contributed by atoms with Gasteiger partial charge in [0, 0.05) is 5.71 Å². The zero-order chi connectivity index (χ0) is 17.8. The van der Waals surface area contributed by atoms with E-state index in [0.717, 1.165) is 31.4 Å². The molecule has 1 aromatic rings. The van der Waals surface area contributed by atoms with E-state index < -0.39 is 0 Å². The van der Waals surface area contributed by atoms with Gasteiger partial charge in [-0.1, -0.05) is 20.3 Å². The van der Waals surface area contributed by atoms with Gasteiger partial charge in [-0.3, -0.25) is 4.79 Å². The molecule has 0 saturated carbocycles. The molecule has 0 radical (unpaired) electrons. The van der Waals surface area contributed by atoms with Gasteiger partial charge >= 0.3 is 5.97 Å². The first-order valence-corrected chi connectivity index (χ1v) is 8.28. The first-order valence-electron chi connectivity index (χ1n) is 8.28. The molecule has 0 aliphatic heterocycles. The predicted octanol–water partition coefficient (Wildman–Crippen LogP) is 3.31. The molecule has 0 aliphatic rings. The maximum atomic E-state index is 11.7. The first kappa shape index (κ1) is 19.7. The summed E-state index contributed by atoms with van der Waals surface area (Å²) in [6.45, 7) is 6.19. The molecule has 1 rings (SSSR count). The molecule has 24 heavy (non-hydrogen) atoms. The number of benzene rings is 1. The second kappa shape index (κ2) is 11.2. The number of carbonyl (C=O) groups is 2. The molecule has 6 heteroatoms. The molecule has 1 N–H and O–H groups in total. The molecule has 6 nitrogen and oxygen atoms in total. The Morgan fingerprint density at radius 2 is 1.83 bits per heavy atom. The third-order valence-electron chi connectivity index (χ3n) is 3.16. The van der Waals surface area contributed by atoms with Crippen molar-refractivity contribution in [2.45, 2.75) is 46.5 Å². The average molecular weight is 334 g/mol. The maximum absolute atomic E-state index is 11.7. The van der Waals surface area contributed by atoms with Gasteiger partial charge in [0.1, 0.15) is 5.75 Å². The molecule has 0 saturated heterocycles. The molecule has 0 spiro atoms. The van der Waals surface area contributed by atoms with Gasteiger partial charge in [0.05, 0.1) is 12.2 Å². The fourth-order valence-electron chi connectivity index (χ4n) is 1.79. The lowest BCUT2D eigenvalue weighted by molar-refractivity contribution is -0.123. The van der Waals surface area contributed by atoms with Crippen LogP contribution in [-0.4, -0.2) is 30.8 Å². The second-order valence-electron chi connectivity index (χ2n) is 5.43. The van der Waals surface area contributed by atoms with E-state index in [1.807, 2.05) is 13.8 Å². The Hall–Kier alpha value is -2.37. The van der Waals surface area contributed by atoms with Gasteiger partial charge in [0.15, 0.2) is 6.61 Å². The standard InChI is InChI=1S/C18H26N2O4/c1-4-6-7-14(3)19-20-17(21)13-24-16-10-8-15(9-11-16)18(22)23-12-5-2/h8-11H,4-7,12-13H2,1-3H3,(H,20,21)/b19-14+. The summed E-state index contributed by atoms with van der Waals surface area (Å²) in [7, 11) is 0. The van der Waals surface area contributed by atoms with Crippen LogP contribution in [0.25, 0.3) is 0 Å². The highest BCUT2D eigenvalue weighted by Gasteiger charge is 2.07. The van der Waals surface area contributed by atoms with Gasteiger partial charge in [-0.2, -0.15) is 5.10 Å². The largest absolute Gasteiger partial charge is 0.484 e. The van der Waals surface area contributed by atoms with Crippen molar-refractivity contribution in [1.29, 1.82) is 0 Å². The average Bonchev–Trinajstić information content (AvgIpc) is 2.61. The monoisotopic (exact) mass is 334 g/mol. The van der Waals surface area contributed by atoms with Gasteiger partial charge in [-0.15, -0.1) is 0 Å². The number of amides is 1. The van der Waals surface area contributed by atoms with Crippen molar-refractivity contribution < 1.29 is 19.1 Å². The van der Waals surface area contributed by atoms with Gasteiger partial charge < -0.3 is 9.47 Å². The normalized spacial score (nSPS) is 11.0. The molecule has 0 heterocycles. The summed E-state index contributed by atoms with van der Waals surface area (Å²) < 4.78 is 10.4. The van der Waals surface area contributed by atoms with Gasteiger partial charge in [0.25, 0.3) is 5.91 Å². The summed E-state index contributed by atoms with van der Waals surface area (Å²) in [6, 6.07) is 6.48. The Labute approximate surface area is 143 Å². The molecular formula is C18H26N2O4.